The van der Waals surface area contributed by atoms with Crippen molar-refractivity contribution in [2.24, 2.45) is 0 Å². The number of aldehydes is 1. The fourth-order valence-electron chi connectivity index (χ4n) is 3.07. The van der Waals surface area contributed by atoms with E-state index in [0.29, 0.717) is 30.9 Å². The van der Waals surface area contributed by atoms with Crippen LogP contribution in [0.2, 0.25) is 0 Å². The molecule has 1 aromatic carbocycles. The van der Waals surface area contributed by atoms with E-state index in [9.17, 15) is 14.4 Å². The van der Waals surface area contributed by atoms with Crippen LogP contribution in [-0.2, 0) is 11.3 Å². The van der Waals surface area contributed by atoms with Crippen LogP contribution in [0.4, 0.5) is 0 Å². The van der Waals surface area contributed by atoms with Gasteiger partial charge in [-0.25, -0.2) is 9.78 Å². The molecule has 2 heterocycles. The largest absolute Gasteiger partial charge is 0.349 e. The average Bonchev–Trinajstić information content (AvgIpc) is 2.62. The molecule has 0 amide bonds. The van der Waals surface area contributed by atoms with Crippen LogP contribution in [0.5, 0.6) is 0 Å². The standard InChI is InChI=1S/C19H23N5O3/c1-12-10-14-15(11-13(12)2)24(8-7-20-6-4-3-5-9-25)17-16(21-14)18(26)23-19(27)22-17/h9-11,20H,3-8H2,1-2H3,(H,23,26,27). The van der Waals surface area contributed by atoms with Gasteiger partial charge in [0.05, 0.1) is 11.0 Å². The summed E-state index contributed by atoms with van der Waals surface area (Å²) in [5, 5.41) is 3.33. The molecule has 0 atom stereocenters. The van der Waals surface area contributed by atoms with Gasteiger partial charge in [0, 0.05) is 19.5 Å². The Kier molecular flexibility index (Phi) is 5.75. The van der Waals surface area contributed by atoms with Crippen molar-refractivity contribution in [2.45, 2.75) is 39.7 Å². The maximum atomic E-state index is 12.2. The number of aromatic amines is 1. The molecule has 142 valence electrons. The molecule has 0 unspecified atom stereocenters. The van der Waals surface area contributed by atoms with Gasteiger partial charge in [-0.1, -0.05) is 0 Å². The Hall–Kier alpha value is -2.87. The highest BCUT2D eigenvalue weighted by molar-refractivity contribution is 5.81. The minimum absolute atomic E-state index is 0.163. The van der Waals surface area contributed by atoms with E-state index in [-0.39, 0.29) is 5.69 Å². The number of benzene rings is 1. The van der Waals surface area contributed by atoms with Gasteiger partial charge < -0.3 is 14.7 Å². The number of H-pyrrole nitrogens is 1. The minimum Gasteiger partial charge on any atom is -0.321 e. The van der Waals surface area contributed by atoms with Gasteiger partial charge in [0.15, 0.2) is 11.5 Å². The third-order valence-corrected chi connectivity index (χ3v) is 4.66. The Morgan fingerprint density at radius 1 is 1.11 bits per heavy atom. The average molecular weight is 369 g/mol. The van der Waals surface area contributed by atoms with Gasteiger partial charge >= 0.3 is 5.69 Å². The van der Waals surface area contributed by atoms with Crippen molar-refractivity contribution in [1.82, 2.24) is 24.8 Å². The van der Waals surface area contributed by atoms with Crippen LogP contribution in [0.3, 0.4) is 0 Å². The molecule has 0 aromatic heterocycles. The topological polar surface area (TPSA) is 110 Å². The summed E-state index contributed by atoms with van der Waals surface area (Å²) in [6, 6.07) is 3.95. The number of fused-ring (bicyclic) bond motifs is 2. The molecule has 3 rings (SSSR count). The zero-order valence-corrected chi connectivity index (χ0v) is 15.5. The molecule has 0 radical (unpaired) electrons. The third-order valence-electron chi connectivity index (χ3n) is 4.66. The van der Waals surface area contributed by atoms with E-state index >= 15 is 0 Å². The first-order valence-electron chi connectivity index (χ1n) is 9.07. The van der Waals surface area contributed by atoms with Crippen molar-refractivity contribution in [2.75, 3.05) is 13.1 Å². The van der Waals surface area contributed by atoms with Crippen molar-refractivity contribution in [3.05, 3.63) is 44.1 Å². The molecular weight excluding hydrogens is 346 g/mol. The zero-order valence-electron chi connectivity index (χ0n) is 15.5. The summed E-state index contributed by atoms with van der Waals surface area (Å²) in [5.41, 5.74) is 2.68. The number of hydrogen-bond donors (Lipinski definition) is 2. The quantitative estimate of drug-likeness (QED) is 0.350. The summed E-state index contributed by atoms with van der Waals surface area (Å²) >= 11 is 0. The van der Waals surface area contributed by atoms with Gasteiger partial charge in [-0.2, -0.15) is 4.98 Å². The summed E-state index contributed by atoms with van der Waals surface area (Å²) in [6.07, 6.45) is 3.29. The molecule has 0 fully saturated rings. The lowest BCUT2D eigenvalue weighted by atomic mass is 10.1. The molecule has 0 bridgehead atoms. The summed E-state index contributed by atoms with van der Waals surface area (Å²) in [4.78, 5) is 44.9. The first-order chi connectivity index (χ1) is 13.0. The highest BCUT2D eigenvalue weighted by Crippen LogP contribution is 2.23. The molecular formula is C19H23N5O3. The number of hydrogen-bond acceptors (Lipinski definition) is 6. The number of rotatable bonds is 8. The maximum Gasteiger partial charge on any atom is 0.349 e. The second-order valence-corrected chi connectivity index (χ2v) is 6.64. The molecule has 8 heteroatoms. The highest BCUT2D eigenvalue weighted by Gasteiger charge is 2.18. The number of nitrogens with one attached hydrogen (secondary N) is 2. The first-order valence-corrected chi connectivity index (χ1v) is 9.07. The van der Waals surface area contributed by atoms with Crippen molar-refractivity contribution >= 4 is 17.3 Å². The molecule has 2 aliphatic rings. The minimum atomic E-state index is -0.673. The molecule has 0 saturated carbocycles. The van der Waals surface area contributed by atoms with E-state index in [1.165, 1.54) is 0 Å². The lowest BCUT2D eigenvalue weighted by Gasteiger charge is -2.18. The second-order valence-electron chi connectivity index (χ2n) is 6.64. The number of carbonyl (C=O) groups is 1. The van der Waals surface area contributed by atoms with Crippen molar-refractivity contribution in [3.63, 3.8) is 0 Å². The van der Waals surface area contributed by atoms with E-state index < -0.39 is 11.2 Å². The number of aromatic nitrogens is 4. The van der Waals surface area contributed by atoms with E-state index in [2.05, 4.69) is 20.3 Å². The van der Waals surface area contributed by atoms with E-state index in [4.69, 9.17) is 0 Å². The van der Waals surface area contributed by atoms with Gasteiger partial charge in [-0.05, 0) is 56.5 Å². The highest BCUT2D eigenvalue weighted by atomic mass is 16.2. The van der Waals surface area contributed by atoms with E-state index in [1.54, 1.807) is 0 Å². The number of nitrogens with zero attached hydrogens (tertiary/aromatic N) is 3. The molecule has 27 heavy (non-hydrogen) atoms. The predicted molar refractivity (Wildman–Crippen MR) is 103 cm³/mol. The Balaban J connectivity index is 1.97. The van der Waals surface area contributed by atoms with Gasteiger partial charge in [0.1, 0.15) is 6.29 Å². The van der Waals surface area contributed by atoms with Gasteiger partial charge in [-0.15, -0.1) is 0 Å². The number of carbonyl (C=O) groups excluding carboxylic acids is 1. The van der Waals surface area contributed by atoms with Crippen molar-refractivity contribution in [1.29, 1.82) is 0 Å². The summed E-state index contributed by atoms with van der Waals surface area (Å²) in [5.74, 6) is 0.294. The molecule has 8 nitrogen and oxygen atoms in total. The Bertz CT molecular complexity index is 1050. The van der Waals surface area contributed by atoms with Gasteiger partial charge in [0.25, 0.3) is 5.56 Å². The fraction of sp³-hybridized carbons (Fsp3) is 0.421. The van der Waals surface area contributed by atoms with Crippen LogP contribution in [0.25, 0.3) is 22.6 Å². The Morgan fingerprint density at radius 3 is 2.67 bits per heavy atom. The molecule has 0 saturated heterocycles. The predicted octanol–water partition coefficient (Wildman–Crippen LogP) is 1.16. The third kappa shape index (κ3) is 4.11. The van der Waals surface area contributed by atoms with E-state index in [0.717, 1.165) is 42.3 Å². The zero-order chi connectivity index (χ0) is 19.4. The lowest BCUT2D eigenvalue weighted by molar-refractivity contribution is -0.107. The maximum absolute atomic E-state index is 12.2. The van der Waals surface area contributed by atoms with Crippen molar-refractivity contribution in [3.8, 4) is 11.5 Å². The first kappa shape index (κ1) is 18.9. The van der Waals surface area contributed by atoms with E-state index in [1.807, 2.05) is 30.5 Å². The van der Waals surface area contributed by atoms with Crippen LogP contribution in [-0.4, -0.2) is 38.9 Å². The molecule has 1 aromatic rings. The molecule has 2 N–H and O–H groups in total. The van der Waals surface area contributed by atoms with Crippen molar-refractivity contribution < 1.29 is 4.79 Å². The van der Waals surface area contributed by atoms with Crippen LogP contribution in [0.15, 0.2) is 21.7 Å². The van der Waals surface area contributed by atoms with Crippen LogP contribution >= 0.6 is 0 Å². The summed E-state index contributed by atoms with van der Waals surface area (Å²) < 4.78 is 1.87. The van der Waals surface area contributed by atoms with Crippen LogP contribution in [0.1, 0.15) is 30.4 Å². The van der Waals surface area contributed by atoms with Crippen LogP contribution < -0.4 is 16.6 Å². The monoisotopic (exact) mass is 369 g/mol. The summed E-state index contributed by atoms with van der Waals surface area (Å²) in [6.45, 7) is 6.00. The fourth-order valence-corrected chi connectivity index (χ4v) is 3.07. The molecule has 2 aliphatic heterocycles. The second kappa shape index (κ2) is 8.22. The summed E-state index contributed by atoms with van der Waals surface area (Å²) in [7, 11) is 0. The lowest BCUT2D eigenvalue weighted by Crippen LogP contribution is -2.30. The number of aryl methyl sites for hydroxylation is 2. The van der Waals surface area contributed by atoms with Crippen LogP contribution in [0, 0.1) is 13.8 Å². The normalized spacial score (nSPS) is 11.3. The van der Waals surface area contributed by atoms with Gasteiger partial charge in [0.2, 0.25) is 0 Å². The molecule has 0 spiro atoms. The Labute approximate surface area is 156 Å². The Morgan fingerprint density at radius 2 is 1.89 bits per heavy atom. The smallest absolute Gasteiger partial charge is 0.321 e. The van der Waals surface area contributed by atoms with Gasteiger partial charge in [-0.3, -0.25) is 9.78 Å². The molecule has 0 aliphatic carbocycles. The SMILES string of the molecule is Cc1cc2nc3c(=O)[nH]c(=O)nc-3n(CCNCCCCC=O)c2cc1C. The number of unbranched alkanes of at least 4 members (excludes halogenated alkanes) is 2.